The maximum atomic E-state index is 2.47. The summed E-state index contributed by atoms with van der Waals surface area (Å²) in [6.45, 7) is 2.27. The first-order chi connectivity index (χ1) is 10.8. The maximum Gasteiger partial charge on any atom is -0.00871 e. The average molecular weight is 290 g/mol. The minimum atomic E-state index is 0.748. The van der Waals surface area contributed by atoms with Crippen molar-refractivity contribution in [1.82, 2.24) is 0 Å². The molecule has 22 heavy (non-hydrogen) atoms. The van der Waals surface area contributed by atoms with Crippen LogP contribution < -0.4 is 0 Å². The molecule has 114 valence electrons. The summed E-state index contributed by atoms with van der Waals surface area (Å²) >= 11 is 0. The molecule has 0 heteroatoms. The first-order valence-electron chi connectivity index (χ1n) is 8.99. The third kappa shape index (κ3) is 2.49. The van der Waals surface area contributed by atoms with Crippen LogP contribution in [0.2, 0.25) is 0 Å². The van der Waals surface area contributed by atoms with E-state index in [1.807, 2.05) is 0 Å². The van der Waals surface area contributed by atoms with E-state index in [9.17, 15) is 0 Å². The van der Waals surface area contributed by atoms with Gasteiger partial charge in [0.2, 0.25) is 0 Å². The van der Waals surface area contributed by atoms with Gasteiger partial charge in [-0.15, -0.1) is 0 Å². The zero-order chi connectivity index (χ0) is 14.9. The second-order valence-corrected chi connectivity index (χ2v) is 7.28. The Morgan fingerprint density at radius 3 is 2.59 bits per heavy atom. The average Bonchev–Trinajstić information content (AvgIpc) is 3.01. The number of hydrogen-bond acceptors (Lipinski definition) is 0. The largest absolute Gasteiger partial charge is 0.0798 e. The third-order valence-electron chi connectivity index (χ3n) is 5.94. The van der Waals surface area contributed by atoms with E-state index in [1.165, 1.54) is 49.7 Å². The Balaban J connectivity index is 1.72. The number of rotatable bonds is 2. The highest BCUT2D eigenvalue weighted by atomic mass is 14.3. The van der Waals surface area contributed by atoms with E-state index in [-0.39, 0.29) is 0 Å². The molecule has 0 N–H and O–H groups in total. The smallest absolute Gasteiger partial charge is 0.00871 e. The molecule has 0 aliphatic heterocycles. The van der Waals surface area contributed by atoms with Gasteiger partial charge in [0.15, 0.2) is 0 Å². The molecule has 1 atom stereocenters. The molecule has 1 fully saturated rings. The van der Waals surface area contributed by atoms with Crippen molar-refractivity contribution in [3.8, 4) is 0 Å². The first kappa shape index (κ1) is 14.1. The van der Waals surface area contributed by atoms with Crippen molar-refractivity contribution in [2.45, 2.75) is 57.8 Å². The van der Waals surface area contributed by atoms with E-state index in [4.69, 9.17) is 0 Å². The number of allylic oxidation sites excluding steroid dienone is 5. The maximum absolute atomic E-state index is 2.47. The highest BCUT2D eigenvalue weighted by Gasteiger charge is 2.30. The van der Waals surface area contributed by atoms with Crippen molar-refractivity contribution in [2.75, 3.05) is 0 Å². The van der Waals surface area contributed by atoms with E-state index in [0.717, 1.165) is 18.3 Å². The lowest BCUT2D eigenvalue weighted by Gasteiger charge is -2.35. The fourth-order valence-corrected chi connectivity index (χ4v) is 4.74. The molecule has 0 bridgehead atoms. The molecule has 0 nitrogen and oxygen atoms in total. The van der Waals surface area contributed by atoms with Gasteiger partial charge >= 0.3 is 0 Å². The highest BCUT2D eigenvalue weighted by molar-refractivity contribution is 5.67. The normalized spacial score (nSPS) is 25.3. The Kier molecular flexibility index (Phi) is 3.78. The van der Waals surface area contributed by atoms with Crippen LogP contribution in [0.4, 0.5) is 0 Å². The van der Waals surface area contributed by atoms with Gasteiger partial charge in [0.1, 0.15) is 0 Å². The van der Waals surface area contributed by atoms with Gasteiger partial charge < -0.3 is 0 Å². The van der Waals surface area contributed by atoms with Gasteiger partial charge in [0, 0.05) is 0 Å². The van der Waals surface area contributed by atoms with E-state index in [0.29, 0.717) is 0 Å². The first-order valence-corrected chi connectivity index (χ1v) is 8.99. The van der Waals surface area contributed by atoms with Gasteiger partial charge in [0.25, 0.3) is 0 Å². The van der Waals surface area contributed by atoms with Crippen molar-refractivity contribution < 1.29 is 0 Å². The highest BCUT2D eigenvalue weighted by Crippen LogP contribution is 2.46. The van der Waals surface area contributed by atoms with Crippen LogP contribution in [0, 0.1) is 5.92 Å². The predicted octanol–water partition coefficient (Wildman–Crippen LogP) is 6.41. The predicted molar refractivity (Wildman–Crippen MR) is 94.8 cm³/mol. The molecule has 4 rings (SSSR count). The molecule has 0 radical (unpaired) electrons. The van der Waals surface area contributed by atoms with Crippen molar-refractivity contribution in [2.24, 2.45) is 5.92 Å². The van der Waals surface area contributed by atoms with Crippen LogP contribution in [0.5, 0.6) is 0 Å². The molecule has 1 aromatic carbocycles. The van der Waals surface area contributed by atoms with Gasteiger partial charge in [-0.1, -0.05) is 61.8 Å². The van der Waals surface area contributed by atoms with Crippen LogP contribution in [-0.4, -0.2) is 0 Å². The Morgan fingerprint density at radius 2 is 1.82 bits per heavy atom. The molecule has 0 heterocycles. The number of hydrogen-bond donors (Lipinski definition) is 0. The number of fused-ring (bicyclic) bond motifs is 1. The minimum absolute atomic E-state index is 0.748. The molecule has 3 aliphatic rings. The summed E-state index contributed by atoms with van der Waals surface area (Å²) in [5.74, 6) is 1.64. The van der Waals surface area contributed by atoms with E-state index < -0.39 is 0 Å². The quantitative estimate of drug-likeness (QED) is 0.590. The Bertz CT molecular complexity index is 650. The fourth-order valence-electron chi connectivity index (χ4n) is 4.74. The zero-order valence-corrected chi connectivity index (χ0v) is 13.6. The van der Waals surface area contributed by atoms with Crippen molar-refractivity contribution >= 4 is 6.08 Å². The van der Waals surface area contributed by atoms with Gasteiger partial charge in [-0.05, 0) is 72.3 Å². The molecule has 0 saturated heterocycles. The summed E-state index contributed by atoms with van der Waals surface area (Å²) < 4.78 is 0. The zero-order valence-electron chi connectivity index (χ0n) is 13.6. The molecule has 1 unspecified atom stereocenters. The summed E-state index contributed by atoms with van der Waals surface area (Å²) in [5.41, 5.74) is 7.77. The molecular formula is C22H26. The fraction of sp³-hybridized carbons (Fsp3) is 0.455. The second-order valence-electron chi connectivity index (χ2n) is 7.28. The van der Waals surface area contributed by atoms with Crippen LogP contribution in [0.3, 0.4) is 0 Å². The van der Waals surface area contributed by atoms with Crippen LogP contribution >= 0.6 is 0 Å². The topological polar surface area (TPSA) is 0 Å². The van der Waals surface area contributed by atoms with Crippen LogP contribution in [0.15, 0.2) is 53.1 Å². The van der Waals surface area contributed by atoms with E-state index in [2.05, 4.69) is 49.4 Å². The molecule has 0 amide bonds. The third-order valence-corrected chi connectivity index (χ3v) is 5.94. The Labute approximate surface area is 134 Å². The molecule has 0 spiro atoms. The Hall–Kier alpha value is -1.56. The molecular weight excluding hydrogens is 264 g/mol. The van der Waals surface area contributed by atoms with Gasteiger partial charge in [-0.2, -0.15) is 0 Å². The molecule has 0 aromatic heterocycles. The van der Waals surface area contributed by atoms with Crippen LogP contribution in [0.1, 0.15) is 68.9 Å². The Morgan fingerprint density at radius 1 is 1.00 bits per heavy atom. The van der Waals surface area contributed by atoms with Crippen LogP contribution in [0.25, 0.3) is 6.08 Å². The van der Waals surface area contributed by atoms with Crippen LogP contribution in [-0.2, 0) is 0 Å². The van der Waals surface area contributed by atoms with Gasteiger partial charge in [-0.25, -0.2) is 0 Å². The lowest BCUT2D eigenvalue weighted by Crippen LogP contribution is -2.20. The summed E-state index contributed by atoms with van der Waals surface area (Å²) in [6.07, 6.45) is 16.7. The number of benzene rings is 1. The molecule has 1 aromatic rings. The van der Waals surface area contributed by atoms with Gasteiger partial charge in [0.05, 0.1) is 0 Å². The molecule has 3 aliphatic carbocycles. The SMILES string of the molecule is CC1=C(C2=Cc3ccccc3C(C3CCCCC3)C2)CC=C1. The summed E-state index contributed by atoms with van der Waals surface area (Å²) in [7, 11) is 0. The van der Waals surface area contributed by atoms with Crippen molar-refractivity contribution in [1.29, 1.82) is 0 Å². The molecule has 1 saturated carbocycles. The summed E-state index contributed by atoms with van der Waals surface area (Å²) in [6, 6.07) is 9.14. The van der Waals surface area contributed by atoms with E-state index >= 15 is 0 Å². The minimum Gasteiger partial charge on any atom is -0.0798 e. The standard InChI is InChI=1S/C22H26/c1-16-8-7-13-20(16)19-14-18-11-5-6-12-21(18)22(15-19)17-9-3-2-4-10-17/h5-8,11-12,14,17,22H,2-4,9-10,13,15H2,1H3. The monoisotopic (exact) mass is 290 g/mol. The summed E-state index contributed by atoms with van der Waals surface area (Å²) in [5, 5.41) is 0. The van der Waals surface area contributed by atoms with Crippen molar-refractivity contribution in [3.05, 3.63) is 64.3 Å². The summed E-state index contributed by atoms with van der Waals surface area (Å²) in [4.78, 5) is 0. The van der Waals surface area contributed by atoms with E-state index in [1.54, 1.807) is 16.7 Å². The lowest BCUT2D eigenvalue weighted by molar-refractivity contribution is 0.301. The lowest BCUT2D eigenvalue weighted by atomic mass is 9.69. The van der Waals surface area contributed by atoms with Gasteiger partial charge in [-0.3, -0.25) is 0 Å². The van der Waals surface area contributed by atoms with Crippen molar-refractivity contribution in [3.63, 3.8) is 0 Å². The second kappa shape index (κ2) is 5.91.